The number of rotatable bonds is 2. The molecule has 0 aromatic carbocycles. The molecule has 3 atom stereocenters. The molecule has 1 saturated heterocycles. The van der Waals surface area contributed by atoms with Crippen LogP contribution in [-0.4, -0.2) is 30.2 Å². The summed E-state index contributed by atoms with van der Waals surface area (Å²) in [5, 5.41) is 9.36. The summed E-state index contributed by atoms with van der Waals surface area (Å²) in [6.07, 6.45) is 1.20. The molecular formula is C8H14O3. The van der Waals surface area contributed by atoms with Gasteiger partial charge in [0.05, 0.1) is 5.60 Å². The number of hydrogen-bond donors (Lipinski definition) is 1. The van der Waals surface area contributed by atoms with Crippen molar-refractivity contribution in [2.45, 2.75) is 31.3 Å². The van der Waals surface area contributed by atoms with Gasteiger partial charge in [-0.25, -0.2) is 0 Å². The molecule has 0 spiro atoms. The van der Waals surface area contributed by atoms with Crippen molar-refractivity contribution in [3.63, 3.8) is 0 Å². The summed E-state index contributed by atoms with van der Waals surface area (Å²) in [6.45, 7) is 5.50. The zero-order chi connectivity index (χ0) is 8.48. The summed E-state index contributed by atoms with van der Waals surface area (Å²) in [6, 6.07) is 0. The average Bonchev–Trinajstić information content (AvgIpc) is 2.27. The van der Waals surface area contributed by atoms with E-state index in [1.807, 2.05) is 6.92 Å². The molecule has 0 amide bonds. The maximum absolute atomic E-state index is 9.36. The first kappa shape index (κ1) is 8.71. The fraction of sp³-hybridized carbons (Fsp3) is 0.750. The van der Waals surface area contributed by atoms with E-state index in [9.17, 15) is 5.11 Å². The molecule has 0 aromatic rings. The second kappa shape index (κ2) is 2.93. The highest BCUT2D eigenvalue weighted by atomic mass is 16.7. The first-order chi connectivity index (χ1) is 5.11. The Kier molecular flexibility index (Phi) is 2.32. The van der Waals surface area contributed by atoms with Crippen molar-refractivity contribution in [1.82, 2.24) is 0 Å². The van der Waals surface area contributed by atoms with Crippen LogP contribution in [-0.2, 0) is 9.47 Å². The Bertz CT molecular complexity index is 157. The topological polar surface area (TPSA) is 38.7 Å². The highest BCUT2D eigenvalue weighted by molar-refractivity contribution is 5.00. The van der Waals surface area contributed by atoms with Crippen molar-refractivity contribution in [3.8, 4) is 0 Å². The minimum absolute atomic E-state index is 0.430. The Hall–Kier alpha value is -0.380. The molecule has 1 aliphatic heterocycles. The predicted molar refractivity (Wildman–Crippen MR) is 41.1 cm³/mol. The van der Waals surface area contributed by atoms with Gasteiger partial charge < -0.3 is 14.6 Å². The van der Waals surface area contributed by atoms with Crippen LogP contribution in [0, 0.1) is 0 Å². The maximum Gasteiger partial charge on any atom is 0.184 e. The van der Waals surface area contributed by atoms with Crippen LogP contribution < -0.4 is 0 Å². The van der Waals surface area contributed by atoms with Gasteiger partial charge in [-0.3, -0.25) is 0 Å². The Morgan fingerprint density at radius 1 is 1.82 bits per heavy atom. The second-order valence-electron chi connectivity index (χ2n) is 3.01. The van der Waals surface area contributed by atoms with E-state index in [0.29, 0.717) is 6.42 Å². The SMILES string of the molecule is C=C[C@@]1(C)C[C@H](O)[C@@H](OC)O1. The summed E-state index contributed by atoms with van der Waals surface area (Å²) in [5.74, 6) is 0. The van der Waals surface area contributed by atoms with E-state index in [2.05, 4.69) is 6.58 Å². The monoisotopic (exact) mass is 158 g/mol. The van der Waals surface area contributed by atoms with Crippen LogP contribution in [0.5, 0.6) is 0 Å². The van der Waals surface area contributed by atoms with Gasteiger partial charge in [0.1, 0.15) is 6.10 Å². The first-order valence-corrected chi connectivity index (χ1v) is 3.63. The number of aliphatic hydroxyl groups is 1. The molecule has 1 heterocycles. The van der Waals surface area contributed by atoms with Gasteiger partial charge in [0, 0.05) is 13.5 Å². The average molecular weight is 158 g/mol. The fourth-order valence-electron chi connectivity index (χ4n) is 1.24. The van der Waals surface area contributed by atoms with Crippen molar-refractivity contribution in [2.24, 2.45) is 0 Å². The minimum atomic E-state index is -0.539. The Morgan fingerprint density at radius 3 is 2.73 bits per heavy atom. The molecule has 64 valence electrons. The van der Waals surface area contributed by atoms with Crippen LogP contribution in [0.15, 0.2) is 12.7 Å². The van der Waals surface area contributed by atoms with E-state index < -0.39 is 18.0 Å². The quantitative estimate of drug-likeness (QED) is 0.601. The van der Waals surface area contributed by atoms with Crippen molar-refractivity contribution in [1.29, 1.82) is 0 Å². The third-order valence-corrected chi connectivity index (χ3v) is 1.98. The van der Waals surface area contributed by atoms with Gasteiger partial charge in [-0.1, -0.05) is 6.08 Å². The maximum atomic E-state index is 9.36. The smallest absolute Gasteiger partial charge is 0.184 e. The van der Waals surface area contributed by atoms with Gasteiger partial charge in [0.15, 0.2) is 6.29 Å². The number of ether oxygens (including phenoxy) is 2. The largest absolute Gasteiger partial charge is 0.388 e. The summed E-state index contributed by atoms with van der Waals surface area (Å²) >= 11 is 0. The standard InChI is InChI=1S/C8H14O3/c1-4-8(2)5-6(9)7(10-3)11-8/h4,6-7,9H,1,5H2,2-3H3/t6-,7-,8-/m0/s1. The van der Waals surface area contributed by atoms with E-state index in [1.165, 1.54) is 7.11 Å². The number of hydrogen-bond acceptors (Lipinski definition) is 3. The van der Waals surface area contributed by atoms with Gasteiger partial charge in [0.2, 0.25) is 0 Å². The third kappa shape index (κ3) is 1.61. The fourth-order valence-corrected chi connectivity index (χ4v) is 1.24. The molecule has 11 heavy (non-hydrogen) atoms. The number of methoxy groups -OCH3 is 1. The van der Waals surface area contributed by atoms with E-state index >= 15 is 0 Å². The predicted octanol–water partition coefficient (Wildman–Crippen LogP) is 0.685. The van der Waals surface area contributed by atoms with Gasteiger partial charge in [-0.15, -0.1) is 6.58 Å². The molecule has 3 nitrogen and oxygen atoms in total. The van der Waals surface area contributed by atoms with Crippen LogP contribution in [0.3, 0.4) is 0 Å². The molecule has 3 heteroatoms. The Balaban J connectivity index is 2.62. The lowest BCUT2D eigenvalue weighted by atomic mass is 10.0. The van der Waals surface area contributed by atoms with Crippen LogP contribution in [0.25, 0.3) is 0 Å². The molecule has 1 aliphatic rings. The molecule has 0 saturated carbocycles. The lowest BCUT2D eigenvalue weighted by Crippen LogP contribution is -2.23. The van der Waals surface area contributed by atoms with E-state index in [1.54, 1.807) is 6.08 Å². The highest BCUT2D eigenvalue weighted by Crippen LogP contribution is 2.31. The second-order valence-corrected chi connectivity index (χ2v) is 3.01. The summed E-state index contributed by atoms with van der Waals surface area (Å²) in [5.41, 5.74) is -0.430. The Morgan fingerprint density at radius 2 is 2.45 bits per heavy atom. The van der Waals surface area contributed by atoms with Gasteiger partial charge in [-0.2, -0.15) is 0 Å². The summed E-state index contributed by atoms with van der Waals surface area (Å²) in [7, 11) is 1.52. The Labute approximate surface area is 66.6 Å². The molecule has 0 aliphatic carbocycles. The molecule has 0 radical (unpaired) electrons. The molecule has 1 rings (SSSR count). The lowest BCUT2D eigenvalue weighted by Gasteiger charge is -2.18. The summed E-state index contributed by atoms with van der Waals surface area (Å²) < 4.78 is 10.3. The van der Waals surface area contributed by atoms with E-state index in [-0.39, 0.29) is 0 Å². The van der Waals surface area contributed by atoms with E-state index in [4.69, 9.17) is 9.47 Å². The minimum Gasteiger partial charge on any atom is -0.388 e. The van der Waals surface area contributed by atoms with Crippen molar-refractivity contribution < 1.29 is 14.6 Å². The molecule has 0 aromatic heterocycles. The van der Waals surface area contributed by atoms with E-state index in [0.717, 1.165) is 0 Å². The van der Waals surface area contributed by atoms with Gasteiger partial charge >= 0.3 is 0 Å². The van der Waals surface area contributed by atoms with Gasteiger partial charge in [0.25, 0.3) is 0 Å². The molecule has 1 N–H and O–H groups in total. The molecule has 0 bridgehead atoms. The highest BCUT2D eigenvalue weighted by Gasteiger charge is 2.40. The normalized spacial score (nSPS) is 44.3. The van der Waals surface area contributed by atoms with Crippen molar-refractivity contribution in [3.05, 3.63) is 12.7 Å². The van der Waals surface area contributed by atoms with Crippen molar-refractivity contribution >= 4 is 0 Å². The van der Waals surface area contributed by atoms with Crippen LogP contribution in [0.1, 0.15) is 13.3 Å². The van der Waals surface area contributed by atoms with Crippen LogP contribution in [0.4, 0.5) is 0 Å². The lowest BCUT2D eigenvalue weighted by molar-refractivity contribution is -0.160. The first-order valence-electron chi connectivity index (χ1n) is 3.63. The zero-order valence-corrected chi connectivity index (χ0v) is 6.91. The van der Waals surface area contributed by atoms with Crippen molar-refractivity contribution in [2.75, 3.05) is 7.11 Å². The zero-order valence-electron chi connectivity index (χ0n) is 6.91. The molecule has 0 unspecified atom stereocenters. The molecule has 1 fully saturated rings. The summed E-state index contributed by atoms with van der Waals surface area (Å²) in [4.78, 5) is 0. The van der Waals surface area contributed by atoms with Gasteiger partial charge in [-0.05, 0) is 6.92 Å². The third-order valence-electron chi connectivity index (χ3n) is 1.98. The molecular weight excluding hydrogens is 144 g/mol. The number of aliphatic hydroxyl groups excluding tert-OH is 1. The van der Waals surface area contributed by atoms with Crippen LogP contribution >= 0.6 is 0 Å². The van der Waals surface area contributed by atoms with Crippen LogP contribution in [0.2, 0.25) is 0 Å².